The first-order valence-electron chi connectivity index (χ1n) is 8.52. The minimum absolute atomic E-state index is 0.631. The standard InChI is InChI=1S/C20H24N2/c1-2-4-16(5-3-1)17-6-8-18(9-7-17)20(19-10-11-19)22-14-12-21-13-15-22/h1-9,19-21H,10-15H2/t20-/m1/s1. The Morgan fingerprint density at radius 3 is 2.09 bits per heavy atom. The first-order chi connectivity index (χ1) is 10.9. The van der Waals surface area contributed by atoms with E-state index in [1.807, 2.05) is 0 Å². The first-order valence-corrected chi connectivity index (χ1v) is 8.52. The van der Waals surface area contributed by atoms with Gasteiger partial charge in [0.15, 0.2) is 0 Å². The van der Waals surface area contributed by atoms with Crippen molar-refractivity contribution in [3.8, 4) is 11.1 Å². The van der Waals surface area contributed by atoms with Crippen LogP contribution in [0.5, 0.6) is 0 Å². The normalized spacial score (nSPS) is 20.7. The van der Waals surface area contributed by atoms with Crippen LogP contribution in [0.2, 0.25) is 0 Å². The second-order valence-electron chi connectivity index (χ2n) is 6.56. The Hall–Kier alpha value is -1.64. The third-order valence-electron chi connectivity index (χ3n) is 4.97. The number of benzene rings is 2. The average molecular weight is 292 g/mol. The van der Waals surface area contributed by atoms with Gasteiger partial charge in [0.05, 0.1) is 0 Å². The molecular weight excluding hydrogens is 268 g/mol. The van der Waals surface area contributed by atoms with Gasteiger partial charge in [0.25, 0.3) is 0 Å². The highest BCUT2D eigenvalue weighted by Crippen LogP contribution is 2.44. The van der Waals surface area contributed by atoms with Crippen LogP contribution in [0, 0.1) is 5.92 Å². The van der Waals surface area contributed by atoms with E-state index >= 15 is 0 Å². The molecule has 22 heavy (non-hydrogen) atoms. The molecule has 0 radical (unpaired) electrons. The number of piperazine rings is 1. The maximum absolute atomic E-state index is 3.47. The number of rotatable bonds is 4. The molecule has 1 N–H and O–H groups in total. The Balaban J connectivity index is 1.58. The number of hydrogen-bond donors (Lipinski definition) is 1. The van der Waals surface area contributed by atoms with Crippen molar-refractivity contribution >= 4 is 0 Å². The fourth-order valence-electron chi connectivity index (χ4n) is 3.66. The van der Waals surface area contributed by atoms with Crippen LogP contribution in [0.25, 0.3) is 11.1 Å². The Morgan fingerprint density at radius 2 is 1.45 bits per heavy atom. The summed E-state index contributed by atoms with van der Waals surface area (Å²) in [4.78, 5) is 2.69. The molecule has 2 fully saturated rings. The fraction of sp³-hybridized carbons (Fsp3) is 0.400. The van der Waals surface area contributed by atoms with Gasteiger partial charge in [0, 0.05) is 32.2 Å². The van der Waals surface area contributed by atoms with Crippen LogP contribution in [0.15, 0.2) is 54.6 Å². The highest BCUT2D eigenvalue weighted by molar-refractivity contribution is 5.63. The molecule has 1 aliphatic carbocycles. The first kappa shape index (κ1) is 14.0. The van der Waals surface area contributed by atoms with E-state index in [0.29, 0.717) is 6.04 Å². The van der Waals surface area contributed by atoms with Crippen molar-refractivity contribution < 1.29 is 0 Å². The molecule has 0 spiro atoms. The molecule has 1 aliphatic heterocycles. The molecule has 4 rings (SSSR count). The SMILES string of the molecule is c1ccc(-c2ccc([C@H](C3CC3)N3CCNCC3)cc2)cc1. The largest absolute Gasteiger partial charge is 0.314 e. The minimum atomic E-state index is 0.631. The van der Waals surface area contributed by atoms with Crippen LogP contribution >= 0.6 is 0 Å². The van der Waals surface area contributed by atoms with Crippen LogP contribution in [0.1, 0.15) is 24.4 Å². The van der Waals surface area contributed by atoms with E-state index in [4.69, 9.17) is 0 Å². The van der Waals surface area contributed by atoms with Crippen molar-refractivity contribution in [2.24, 2.45) is 5.92 Å². The third-order valence-corrected chi connectivity index (χ3v) is 4.97. The molecule has 1 heterocycles. The van der Waals surface area contributed by atoms with Gasteiger partial charge in [-0.05, 0) is 35.4 Å². The van der Waals surface area contributed by atoms with Gasteiger partial charge in [0.1, 0.15) is 0 Å². The van der Waals surface area contributed by atoms with Crippen molar-refractivity contribution in [1.82, 2.24) is 10.2 Å². The molecule has 2 aromatic rings. The summed E-state index contributed by atoms with van der Waals surface area (Å²) in [5.41, 5.74) is 4.13. The second-order valence-corrected chi connectivity index (χ2v) is 6.56. The molecular formula is C20H24N2. The van der Waals surface area contributed by atoms with Gasteiger partial charge in [-0.25, -0.2) is 0 Å². The fourth-order valence-corrected chi connectivity index (χ4v) is 3.66. The predicted molar refractivity (Wildman–Crippen MR) is 91.8 cm³/mol. The monoisotopic (exact) mass is 292 g/mol. The maximum atomic E-state index is 3.47. The second kappa shape index (κ2) is 6.23. The van der Waals surface area contributed by atoms with Gasteiger partial charge in [-0.1, -0.05) is 54.6 Å². The summed E-state index contributed by atoms with van der Waals surface area (Å²) in [6, 6.07) is 20.6. The van der Waals surface area contributed by atoms with E-state index in [1.54, 1.807) is 0 Å². The summed E-state index contributed by atoms with van der Waals surface area (Å²) in [6.45, 7) is 4.62. The molecule has 2 aromatic carbocycles. The number of hydrogen-bond acceptors (Lipinski definition) is 2. The lowest BCUT2D eigenvalue weighted by atomic mass is 9.96. The van der Waals surface area contributed by atoms with E-state index in [1.165, 1.54) is 42.6 Å². The summed E-state index contributed by atoms with van der Waals surface area (Å²) in [5.74, 6) is 0.876. The average Bonchev–Trinajstić information content (AvgIpc) is 3.43. The van der Waals surface area contributed by atoms with Gasteiger partial charge < -0.3 is 5.32 Å². The maximum Gasteiger partial charge on any atom is 0.0377 e. The highest BCUT2D eigenvalue weighted by atomic mass is 15.2. The molecule has 1 saturated carbocycles. The molecule has 0 bridgehead atoms. The topological polar surface area (TPSA) is 15.3 Å². The minimum Gasteiger partial charge on any atom is -0.314 e. The Kier molecular flexibility index (Phi) is 3.96. The Bertz CT molecular complexity index is 595. The summed E-state index contributed by atoms with van der Waals surface area (Å²) in [5, 5.41) is 3.47. The van der Waals surface area contributed by atoms with Gasteiger partial charge in [-0.3, -0.25) is 4.90 Å². The summed E-state index contributed by atoms with van der Waals surface area (Å²) < 4.78 is 0. The van der Waals surface area contributed by atoms with Crippen LogP contribution in [0.4, 0.5) is 0 Å². The van der Waals surface area contributed by atoms with Crippen LogP contribution in [-0.4, -0.2) is 31.1 Å². The Labute approximate surface area is 133 Å². The lowest BCUT2D eigenvalue weighted by Crippen LogP contribution is -2.45. The van der Waals surface area contributed by atoms with Gasteiger partial charge in [0.2, 0.25) is 0 Å². The van der Waals surface area contributed by atoms with Gasteiger partial charge in [-0.15, -0.1) is 0 Å². The quantitative estimate of drug-likeness (QED) is 0.924. The van der Waals surface area contributed by atoms with E-state index in [0.717, 1.165) is 19.0 Å². The smallest absolute Gasteiger partial charge is 0.0377 e. The van der Waals surface area contributed by atoms with Crippen molar-refractivity contribution in [3.05, 3.63) is 60.2 Å². The summed E-state index contributed by atoms with van der Waals surface area (Å²) in [7, 11) is 0. The van der Waals surface area contributed by atoms with Crippen LogP contribution in [-0.2, 0) is 0 Å². The van der Waals surface area contributed by atoms with Crippen molar-refractivity contribution in [3.63, 3.8) is 0 Å². The summed E-state index contributed by atoms with van der Waals surface area (Å²) >= 11 is 0. The predicted octanol–water partition coefficient (Wildman–Crippen LogP) is 3.71. The Morgan fingerprint density at radius 1 is 0.818 bits per heavy atom. The zero-order chi connectivity index (χ0) is 14.8. The molecule has 2 nitrogen and oxygen atoms in total. The van der Waals surface area contributed by atoms with Crippen LogP contribution < -0.4 is 5.32 Å². The molecule has 1 saturated heterocycles. The van der Waals surface area contributed by atoms with Crippen molar-refractivity contribution in [1.29, 1.82) is 0 Å². The van der Waals surface area contributed by atoms with Crippen molar-refractivity contribution in [2.45, 2.75) is 18.9 Å². The molecule has 114 valence electrons. The molecule has 2 heteroatoms. The molecule has 0 unspecified atom stereocenters. The summed E-state index contributed by atoms with van der Waals surface area (Å²) in [6.07, 6.45) is 2.80. The zero-order valence-electron chi connectivity index (χ0n) is 13.0. The van der Waals surface area contributed by atoms with Crippen LogP contribution in [0.3, 0.4) is 0 Å². The lowest BCUT2D eigenvalue weighted by Gasteiger charge is -2.35. The molecule has 2 aliphatic rings. The van der Waals surface area contributed by atoms with Gasteiger partial charge in [-0.2, -0.15) is 0 Å². The zero-order valence-corrected chi connectivity index (χ0v) is 13.0. The number of nitrogens with zero attached hydrogens (tertiary/aromatic N) is 1. The van der Waals surface area contributed by atoms with Crippen molar-refractivity contribution in [2.75, 3.05) is 26.2 Å². The van der Waals surface area contributed by atoms with Gasteiger partial charge >= 0.3 is 0 Å². The van der Waals surface area contributed by atoms with E-state index in [9.17, 15) is 0 Å². The van der Waals surface area contributed by atoms with E-state index < -0.39 is 0 Å². The lowest BCUT2D eigenvalue weighted by molar-refractivity contribution is 0.156. The number of nitrogens with one attached hydrogen (secondary N) is 1. The van der Waals surface area contributed by atoms with E-state index in [-0.39, 0.29) is 0 Å². The molecule has 0 aromatic heterocycles. The molecule has 1 atom stereocenters. The molecule has 0 amide bonds. The third kappa shape index (κ3) is 2.94. The highest BCUT2D eigenvalue weighted by Gasteiger charge is 2.36. The van der Waals surface area contributed by atoms with E-state index in [2.05, 4.69) is 64.8 Å².